The van der Waals surface area contributed by atoms with Crippen molar-refractivity contribution in [2.75, 3.05) is 32.8 Å². The molecule has 0 radical (unpaired) electrons. The number of nitrogens with zero attached hydrogens (tertiary/aromatic N) is 3. The van der Waals surface area contributed by atoms with E-state index in [1.54, 1.807) is 18.4 Å². The summed E-state index contributed by atoms with van der Waals surface area (Å²) in [5.74, 6) is 1.64. The molecule has 0 aromatic carbocycles. The van der Waals surface area contributed by atoms with E-state index < -0.39 is 0 Å². The van der Waals surface area contributed by atoms with Crippen molar-refractivity contribution < 1.29 is 13.7 Å². The number of nitrogens with one attached hydrogen (secondary N) is 1. The fourth-order valence-electron chi connectivity index (χ4n) is 2.33. The fraction of sp³-hybridized carbons (Fsp3) is 0.571. The van der Waals surface area contributed by atoms with Gasteiger partial charge in [-0.05, 0) is 19.1 Å². The number of furan rings is 1. The van der Waals surface area contributed by atoms with E-state index in [0.29, 0.717) is 30.1 Å². The van der Waals surface area contributed by atoms with Crippen LogP contribution in [0.25, 0.3) is 11.7 Å². The molecule has 0 spiro atoms. The molecule has 0 amide bonds. The molecule has 0 aliphatic carbocycles. The molecule has 1 aliphatic heterocycles. The van der Waals surface area contributed by atoms with Crippen LogP contribution in [0.1, 0.15) is 12.7 Å². The lowest BCUT2D eigenvalue weighted by Crippen LogP contribution is -2.44. The summed E-state index contributed by atoms with van der Waals surface area (Å²) in [7, 11) is 0. The molecule has 7 nitrogen and oxygen atoms in total. The van der Waals surface area contributed by atoms with Crippen molar-refractivity contribution in [2.45, 2.75) is 19.5 Å². The maximum absolute atomic E-state index is 5.35. The van der Waals surface area contributed by atoms with Crippen LogP contribution in [0, 0.1) is 0 Å². The van der Waals surface area contributed by atoms with E-state index in [2.05, 4.69) is 27.3 Å². The van der Waals surface area contributed by atoms with Crippen molar-refractivity contribution in [1.29, 1.82) is 0 Å². The Kier molecular flexibility index (Phi) is 4.64. The second-order valence-electron chi connectivity index (χ2n) is 5.19. The molecular weight excluding hydrogens is 272 g/mol. The first-order valence-corrected chi connectivity index (χ1v) is 7.21. The van der Waals surface area contributed by atoms with E-state index in [0.717, 1.165) is 32.8 Å². The van der Waals surface area contributed by atoms with Gasteiger partial charge >= 0.3 is 0 Å². The van der Waals surface area contributed by atoms with Crippen LogP contribution >= 0.6 is 0 Å². The van der Waals surface area contributed by atoms with Gasteiger partial charge < -0.3 is 19.0 Å². The summed E-state index contributed by atoms with van der Waals surface area (Å²) in [6, 6.07) is 3.95. The molecular formula is C14H20N4O3. The molecule has 1 saturated heterocycles. The van der Waals surface area contributed by atoms with Crippen molar-refractivity contribution in [1.82, 2.24) is 20.4 Å². The van der Waals surface area contributed by atoms with Crippen LogP contribution in [0.15, 0.2) is 27.3 Å². The maximum atomic E-state index is 5.35. The lowest BCUT2D eigenvalue weighted by Gasteiger charge is -2.29. The van der Waals surface area contributed by atoms with E-state index in [1.165, 1.54) is 0 Å². The Bertz CT molecular complexity index is 534. The Morgan fingerprint density at radius 2 is 2.24 bits per heavy atom. The number of hydrogen-bond acceptors (Lipinski definition) is 7. The molecule has 2 aromatic rings. The predicted molar refractivity (Wildman–Crippen MR) is 75.6 cm³/mol. The lowest BCUT2D eigenvalue weighted by atomic mass is 10.3. The van der Waals surface area contributed by atoms with Gasteiger partial charge in [0.25, 0.3) is 5.89 Å². The van der Waals surface area contributed by atoms with Crippen LogP contribution in [-0.4, -0.2) is 53.9 Å². The minimum atomic E-state index is 0.355. The molecule has 1 fully saturated rings. The first-order valence-electron chi connectivity index (χ1n) is 7.21. The zero-order chi connectivity index (χ0) is 14.5. The second kappa shape index (κ2) is 6.84. The molecule has 0 saturated carbocycles. The second-order valence-corrected chi connectivity index (χ2v) is 5.19. The Morgan fingerprint density at radius 3 is 3.00 bits per heavy atom. The summed E-state index contributed by atoms with van der Waals surface area (Å²) in [6.07, 6.45) is 1.59. The van der Waals surface area contributed by atoms with E-state index in [1.807, 2.05) is 0 Å². The van der Waals surface area contributed by atoms with Gasteiger partial charge in [0.2, 0.25) is 0 Å². The van der Waals surface area contributed by atoms with E-state index in [-0.39, 0.29) is 0 Å². The Hall–Kier alpha value is -1.70. The largest absolute Gasteiger partial charge is 0.459 e. The zero-order valence-corrected chi connectivity index (χ0v) is 12.1. The summed E-state index contributed by atoms with van der Waals surface area (Å²) >= 11 is 0. The highest BCUT2D eigenvalue weighted by molar-refractivity contribution is 5.42. The van der Waals surface area contributed by atoms with Crippen LogP contribution in [0.2, 0.25) is 0 Å². The highest BCUT2D eigenvalue weighted by Gasteiger charge is 2.15. The quantitative estimate of drug-likeness (QED) is 0.855. The van der Waals surface area contributed by atoms with Crippen molar-refractivity contribution in [2.24, 2.45) is 0 Å². The molecule has 0 unspecified atom stereocenters. The van der Waals surface area contributed by atoms with Gasteiger partial charge in [0, 0.05) is 25.7 Å². The summed E-state index contributed by atoms with van der Waals surface area (Å²) in [5.41, 5.74) is 0. The first-order chi connectivity index (χ1) is 10.3. The van der Waals surface area contributed by atoms with Crippen LogP contribution in [0.4, 0.5) is 0 Å². The monoisotopic (exact) mass is 292 g/mol. The fourth-order valence-corrected chi connectivity index (χ4v) is 2.33. The van der Waals surface area contributed by atoms with Gasteiger partial charge in [-0.2, -0.15) is 4.98 Å². The van der Waals surface area contributed by atoms with Crippen LogP contribution in [0.3, 0.4) is 0 Å². The van der Waals surface area contributed by atoms with Gasteiger partial charge in [0.1, 0.15) is 0 Å². The average Bonchev–Trinajstić information content (AvgIpc) is 3.17. The highest BCUT2D eigenvalue weighted by atomic mass is 16.5. The smallest absolute Gasteiger partial charge is 0.293 e. The number of morpholine rings is 1. The molecule has 1 aliphatic rings. The predicted octanol–water partition coefficient (Wildman–Crippen LogP) is 1.14. The number of aromatic nitrogens is 2. The minimum Gasteiger partial charge on any atom is -0.459 e. The standard InChI is InChI=1S/C14H20N4O3/c1-11(10-18-4-7-19-8-5-18)15-9-13-16-14(21-17-13)12-3-2-6-20-12/h2-3,6,11,15H,4-5,7-10H2,1H3/t11-/m1/s1. The van der Waals surface area contributed by atoms with Crippen LogP contribution in [-0.2, 0) is 11.3 Å². The summed E-state index contributed by atoms with van der Waals surface area (Å²) < 4.78 is 15.7. The minimum absolute atomic E-state index is 0.355. The third-order valence-electron chi connectivity index (χ3n) is 3.44. The van der Waals surface area contributed by atoms with Crippen LogP contribution in [0.5, 0.6) is 0 Å². The summed E-state index contributed by atoms with van der Waals surface area (Å²) in [4.78, 5) is 6.70. The first kappa shape index (κ1) is 14.2. The van der Waals surface area contributed by atoms with Gasteiger partial charge in [-0.3, -0.25) is 4.90 Å². The van der Waals surface area contributed by atoms with Gasteiger partial charge in [0.15, 0.2) is 11.6 Å². The van der Waals surface area contributed by atoms with E-state index in [9.17, 15) is 0 Å². The molecule has 2 aromatic heterocycles. The lowest BCUT2D eigenvalue weighted by molar-refractivity contribution is 0.0343. The van der Waals surface area contributed by atoms with Crippen molar-refractivity contribution in [3.05, 3.63) is 24.2 Å². The molecule has 3 heterocycles. The Balaban J connectivity index is 1.46. The van der Waals surface area contributed by atoms with Crippen LogP contribution < -0.4 is 5.32 Å². The number of ether oxygens (including phenoxy) is 1. The molecule has 114 valence electrons. The number of hydrogen-bond donors (Lipinski definition) is 1. The topological polar surface area (TPSA) is 76.6 Å². The van der Waals surface area contributed by atoms with Gasteiger partial charge in [-0.25, -0.2) is 0 Å². The Labute approximate surface area is 123 Å². The highest BCUT2D eigenvalue weighted by Crippen LogP contribution is 2.16. The molecule has 7 heteroatoms. The Morgan fingerprint density at radius 1 is 1.38 bits per heavy atom. The normalized spacial score (nSPS) is 18.0. The van der Waals surface area contributed by atoms with E-state index in [4.69, 9.17) is 13.7 Å². The van der Waals surface area contributed by atoms with Gasteiger partial charge in [0.05, 0.1) is 26.0 Å². The SMILES string of the molecule is C[C@H](CN1CCOCC1)NCc1noc(-c2ccco2)n1. The van der Waals surface area contributed by atoms with Crippen molar-refractivity contribution in [3.8, 4) is 11.7 Å². The zero-order valence-electron chi connectivity index (χ0n) is 12.1. The molecule has 3 rings (SSSR count). The van der Waals surface area contributed by atoms with Gasteiger partial charge in [-0.15, -0.1) is 0 Å². The van der Waals surface area contributed by atoms with Crippen molar-refractivity contribution in [3.63, 3.8) is 0 Å². The molecule has 1 atom stereocenters. The average molecular weight is 292 g/mol. The third-order valence-corrected chi connectivity index (χ3v) is 3.44. The maximum Gasteiger partial charge on any atom is 0.293 e. The van der Waals surface area contributed by atoms with E-state index >= 15 is 0 Å². The third kappa shape index (κ3) is 3.90. The molecule has 0 bridgehead atoms. The van der Waals surface area contributed by atoms with Gasteiger partial charge in [-0.1, -0.05) is 5.16 Å². The molecule has 1 N–H and O–H groups in total. The molecule has 21 heavy (non-hydrogen) atoms. The van der Waals surface area contributed by atoms with Crippen molar-refractivity contribution >= 4 is 0 Å². The summed E-state index contributed by atoms with van der Waals surface area (Å²) in [6.45, 7) is 7.37. The summed E-state index contributed by atoms with van der Waals surface area (Å²) in [5, 5.41) is 7.36. The number of rotatable bonds is 6.